The third-order valence-corrected chi connectivity index (χ3v) is 7.06. The molecular formula is C20H25N3O3S. The zero-order valence-corrected chi connectivity index (χ0v) is 16.4. The van der Waals surface area contributed by atoms with Crippen LogP contribution in [0.15, 0.2) is 29.2 Å². The number of fused-ring (bicyclic) bond motifs is 1. The van der Waals surface area contributed by atoms with E-state index in [1.807, 2.05) is 24.3 Å². The molecule has 7 heteroatoms. The Bertz CT molecular complexity index is 773. The molecule has 0 aromatic heterocycles. The van der Waals surface area contributed by atoms with Crippen molar-refractivity contribution in [1.29, 1.82) is 0 Å². The highest BCUT2D eigenvalue weighted by Crippen LogP contribution is 2.37. The average Bonchev–Trinajstić information content (AvgIpc) is 2.82. The fourth-order valence-corrected chi connectivity index (χ4v) is 5.21. The normalized spacial score (nSPS) is 28.1. The van der Waals surface area contributed by atoms with E-state index in [4.69, 9.17) is 0 Å². The molecule has 1 spiro atoms. The third kappa shape index (κ3) is 3.33. The second-order valence-corrected chi connectivity index (χ2v) is 8.94. The summed E-state index contributed by atoms with van der Waals surface area (Å²) in [6, 6.07) is 7.39. The number of carbonyl (C=O) groups excluding carboxylic acids is 3. The third-order valence-electron chi connectivity index (χ3n) is 5.91. The van der Waals surface area contributed by atoms with Gasteiger partial charge in [0.1, 0.15) is 12.1 Å². The summed E-state index contributed by atoms with van der Waals surface area (Å²) in [6.45, 7) is 2.58. The first-order chi connectivity index (χ1) is 13.0. The SMILES string of the molecule is CC1CCC2(CC1)NC(=O)N(CC(=O)N1CCCSc3ccccc31)C2=O. The summed E-state index contributed by atoms with van der Waals surface area (Å²) in [5.41, 5.74) is 0.0782. The molecule has 1 aromatic carbocycles. The van der Waals surface area contributed by atoms with E-state index >= 15 is 0 Å². The van der Waals surface area contributed by atoms with Crippen LogP contribution in [0.5, 0.6) is 0 Å². The van der Waals surface area contributed by atoms with Gasteiger partial charge in [-0.15, -0.1) is 11.8 Å². The molecule has 1 aliphatic carbocycles. The lowest BCUT2D eigenvalue weighted by Gasteiger charge is -2.33. The molecule has 27 heavy (non-hydrogen) atoms. The lowest BCUT2D eigenvalue weighted by atomic mass is 9.77. The maximum atomic E-state index is 13.0. The molecule has 2 fully saturated rings. The van der Waals surface area contributed by atoms with Crippen molar-refractivity contribution in [3.05, 3.63) is 24.3 Å². The quantitative estimate of drug-likeness (QED) is 0.792. The average molecular weight is 388 g/mol. The van der Waals surface area contributed by atoms with E-state index in [-0.39, 0.29) is 18.4 Å². The first-order valence-electron chi connectivity index (χ1n) is 9.66. The predicted molar refractivity (Wildman–Crippen MR) is 105 cm³/mol. The van der Waals surface area contributed by atoms with Crippen molar-refractivity contribution in [1.82, 2.24) is 10.2 Å². The summed E-state index contributed by atoms with van der Waals surface area (Å²) in [6.07, 6.45) is 4.04. The molecule has 144 valence electrons. The fraction of sp³-hybridized carbons (Fsp3) is 0.550. The molecular weight excluding hydrogens is 362 g/mol. The zero-order chi connectivity index (χ0) is 19.0. The molecule has 2 aliphatic heterocycles. The van der Waals surface area contributed by atoms with Gasteiger partial charge in [0.15, 0.2) is 0 Å². The Hall–Kier alpha value is -2.02. The van der Waals surface area contributed by atoms with Crippen molar-refractivity contribution in [3.8, 4) is 0 Å². The monoisotopic (exact) mass is 387 g/mol. The summed E-state index contributed by atoms with van der Waals surface area (Å²) >= 11 is 1.74. The Labute approximate surface area is 163 Å². The molecule has 4 rings (SSSR count). The van der Waals surface area contributed by atoms with E-state index in [1.54, 1.807) is 16.7 Å². The van der Waals surface area contributed by atoms with E-state index in [0.29, 0.717) is 25.3 Å². The molecule has 4 amide bonds. The number of amides is 4. The van der Waals surface area contributed by atoms with Crippen LogP contribution in [0.3, 0.4) is 0 Å². The van der Waals surface area contributed by atoms with Gasteiger partial charge in [-0.1, -0.05) is 19.1 Å². The summed E-state index contributed by atoms with van der Waals surface area (Å²) < 4.78 is 0. The number of hydrogen-bond acceptors (Lipinski definition) is 4. The number of thioether (sulfide) groups is 1. The van der Waals surface area contributed by atoms with Crippen LogP contribution in [-0.2, 0) is 9.59 Å². The van der Waals surface area contributed by atoms with E-state index < -0.39 is 11.6 Å². The topological polar surface area (TPSA) is 69.7 Å². The molecule has 1 saturated heterocycles. The van der Waals surface area contributed by atoms with E-state index in [1.165, 1.54) is 0 Å². The zero-order valence-electron chi connectivity index (χ0n) is 15.6. The second kappa shape index (κ2) is 7.19. The first-order valence-corrected chi connectivity index (χ1v) is 10.6. The van der Waals surface area contributed by atoms with Crippen molar-refractivity contribution in [3.63, 3.8) is 0 Å². The van der Waals surface area contributed by atoms with Gasteiger partial charge in [-0.2, -0.15) is 0 Å². The first kappa shape index (κ1) is 18.3. The van der Waals surface area contributed by atoms with Gasteiger partial charge in [-0.3, -0.25) is 14.5 Å². The maximum absolute atomic E-state index is 13.0. The number of rotatable bonds is 2. The minimum absolute atomic E-state index is 0.193. The number of nitrogens with zero attached hydrogens (tertiary/aromatic N) is 2. The van der Waals surface area contributed by atoms with Gasteiger partial charge in [0.25, 0.3) is 5.91 Å². The van der Waals surface area contributed by atoms with Gasteiger partial charge in [0, 0.05) is 11.4 Å². The fourth-order valence-electron chi connectivity index (χ4n) is 4.22. The van der Waals surface area contributed by atoms with E-state index in [9.17, 15) is 14.4 Å². The van der Waals surface area contributed by atoms with Crippen LogP contribution in [0.1, 0.15) is 39.0 Å². The van der Waals surface area contributed by atoms with Gasteiger partial charge in [-0.25, -0.2) is 4.79 Å². The highest BCUT2D eigenvalue weighted by atomic mass is 32.2. The summed E-state index contributed by atoms with van der Waals surface area (Å²) in [5, 5.41) is 2.89. The van der Waals surface area contributed by atoms with Crippen LogP contribution in [0.4, 0.5) is 10.5 Å². The van der Waals surface area contributed by atoms with Gasteiger partial charge in [-0.05, 0) is 55.9 Å². The number of imide groups is 1. The van der Waals surface area contributed by atoms with Gasteiger partial charge in [0.2, 0.25) is 5.91 Å². The van der Waals surface area contributed by atoms with Gasteiger partial charge in [0.05, 0.1) is 5.69 Å². The molecule has 1 aromatic rings. The molecule has 2 heterocycles. The lowest BCUT2D eigenvalue weighted by Crippen LogP contribution is -2.50. The Morgan fingerprint density at radius 3 is 2.78 bits per heavy atom. The number of hydrogen-bond donors (Lipinski definition) is 1. The number of para-hydroxylation sites is 1. The van der Waals surface area contributed by atoms with Crippen LogP contribution >= 0.6 is 11.8 Å². The standard InChI is InChI=1S/C20H25N3O3S/c1-14-7-9-20(10-8-14)18(25)23(19(26)21-20)13-17(24)22-11-4-12-27-16-6-3-2-5-15(16)22/h2-3,5-6,14H,4,7-13H2,1H3,(H,21,26). The van der Waals surface area contributed by atoms with Gasteiger partial charge < -0.3 is 10.2 Å². The lowest BCUT2D eigenvalue weighted by molar-refractivity contribution is -0.135. The molecule has 0 radical (unpaired) electrons. The number of benzene rings is 1. The summed E-state index contributed by atoms with van der Waals surface area (Å²) in [5.74, 6) is 1.09. The Balaban J connectivity index is 1.51. The Morgan fingerprint density at radius 1 is 1.26 bits per heavy atom. The number of nitrogens with one attached hydrogen (secondary N) is 1. The molecule has 0 bridgehead atoms. The minimum Gasteiger partial charge on any atom is -0.323 e. The van der Waals surface area contributed by atoms with Gasteiger partial charge >= 0.3 is 6.03 Å². The van der Waals surface area contributed by atoms with Crippen LogP contribution in [0.25, 0.3) is 0 Å². The minimum atomic E-state index is -0.795. The Kier molecular flexibility index (Phi) is 4.88. The highest BCUT2D eigenvalue weighted by molar-refractivity contribution is 7.99. The number of urea groups is 1. The molecule has 1 saturated carbocycles. The smallest absolute Gasteiger partial charge is 0.323 e. The van der Waals surface area contributed by atoms with Crippen molar-refractivity contribution in [2.45, 2.75) is 49.5 Å². The van der Waals surface area contributed by atoms with E-state index in [0.717, 1.165) is 40.5 Å². The van der Waals surface area contributed by atoms with E-state index in [2.05, 4.69) is 12.2 Å². The summed E-state index contributed by atoms with van der Waals surface area (Å²) in [7, 11) is 0. The van der Waals surface area contributed by atoms with Crippen LogP contribution < -0.4 is 10.2 Å². The molecule has 1 N–H and O–H groups in total. The summed E-state index contributed by atoms with van der Waals surface area (Å²) in [4.78, 5) is 42.4. The highest BCUT2D eigenvalue weighted by Gasteiger charge is 2.52. The molecule has 6 nitrogen and oxygen atoms in total. The van der Waals surface area contributed by atoms with Crippen molar-refractivity contribution >= 4 is 35.3 Å². The van der Waals surface area contributed by atoms with Crippen molar-refractivity contribution in [2.75, 3.05) is 23.7 Å². The van der Waals surface area contributed by atoms with Crippen molar-refractivity contribution in [2.24, 2.45) is 5.92 Å². The molecule has 0 unspecified atom stereocenters. The molecule has 0 atom stereocenters. The van der Waals surface area contributed by atoms with Crippen LogP contribution in [0.2, 0.25) is 0 Å². The largest absolute Gasteiger partial charge is 0.325 e. The number of anilines is 1. The predicted octanol–water partition coefficient (Wildman–Crippen LogP) is 3.02. The van der Waals surface area contributed by atoms with Crippen LogP contribution in [0, 0.1) is 5.92 Å². The Morgan fingerprint density at radius 2 is 2.00 bits per heavy atom. The maximum Gasteiger partial charge on any atom is 0.325 e. The number of carbonyl (C=O) groups is 3. The molecule has 3 aliphatic rings. The van der Waals surface area contributed by atoms with Crippen LogP contribution in [-0.4, -0.2) is 47.1 Å². The second-order valence-electron chi connectivity index (χ2n) is 7.80. The van der Waals surface area contributed by atoms with Crippen molar-refractivity contribution < 1.29 is 14.4 Å².